The highest BCUT2D eigenvalue weighted by Crippen LogP contribution is 2.33. The fourth-order valence-electron chi connectivity index (χ4n) is 2.58. The van der Waals surface area contributed by atoms with Crippen LogP contribution in [0.1, 0.15) is 26.3 Å². The minimum absolute atomic E-state index is 0.0601. The number of hydrogen-bond donors (Lipinski definition) is 1. The van der Waals surface area contributed by atoms with E-state index in [1.54, 1.807) is 13.2 Å². The van der Waals surface area contributed by atoms with E-state index in [-0.39, 0.29) is 30.0 Å². The molecule has 0 bridgehead atoms. The number of carbonyl (C=O) groups excluding carboxylic acids is 1. The third-order valence-corrected chi connectivity index (χ3v) is 3.74. The number of nitrogens with zero attached hydrogens (tertiary/aromatic N) is 3. The average molecular weight is 262 g/mol. The first-order chi connectivity index (χ1) is 8.93. The van der Waals surface area contributed by atoms with Gasteiger partial charge in [0.1, 0.15) is 11.6 Å². The molecule has 0 aromatic carbocycles. The summed E-state index contributed by atoms with van der Waals surface area (Å²) in [6.45, 7) is 5.87. The van der Waals surface area contributed by atoms with Crippen molar-refractivity contribution in [3.05, 3.63) is 11.8 Å². The Kier molecular flexibility index (Phi) is 3.58. The number of rotatable bonds is 2. The molecule has 102 valence electrons. The zero-order valence-corrected chi connectivity index (χ0v) is 11.5. The Labute approximate surface area is 112 Å². The Balaban J connectivity index is 2.15. The number of nitriles is 1. The molecule has 1 aromatic rings. The quantitative estimate of drug-likeness (QED) is 0.871. The zero-order chi connectivity index (χ0) is 14.2. The summed E-state index contributed by atoms with van der Waals surface area (Å²) < 4.78 is 7.16. The monoisotopic (exact) mass is 262 g/mol. The summed E-state index contributed by atoms with van der Waals surface area (Å²) >= 11 is 0. The van der Waals surface area contributed by atoms with Gasteiger partial charge in [-0.25, -0.2) is 0 Å². The van der Waals surface area contributed by atoms with Crippen LogP contribution in [0.3, 0.4) is 0 Å². The van der Waals surface area contributed by atoms with Crippen LogP contribution in [0.4, 0.5) is 5.82 Å². The van der Waals surface area contributed by atoms with Crippen molar-refractivity contribution >= 4 is 11.7 Å². The van der Waals surface area contributed by atoms with Crippen molar-refractivity contribution in [2.75, 3.05) is 5.32 Å². The lowest BCUT2D eigenvalue weighted by molar-refractivity contribution is -0.122. The molecule has 1 aromatic heterocycles. The van der Waals surface area contributed by atoms with Gasteiger partial charge in [0, 0.05) is 13.2 Å². The molecule has 6 nitrogen and oxygen atoms in total. The summed E-state index contributed by atoms with van der Waals surface area (Å²) in [7, 11) is 1.71. The number of anilines is 1. The largest absolute Gasteiger partial charge is 0.374 e. The normalized spacial score (nSPS) is 30.1. The predicted molar refractivity (Wildman–Crippen MR) is 69.2 cm³/mol. The van der Waals surface area contributed by atoms with Gasteiger partial charge in [-0.05, 0) is 19.8 Å². The molecule has 2 rings (SSSR count). The first-order valence-corrected chi connectivity index (χ1v) is 6.34. The molecular weight excluding hydrogens is 244 g/mol. The number of hydrogen-bond acceptors (Lipinski definition) is 4. The predicted octanol–water partition coefficient (Wildman–Crippen LogP) is 1.29. The minimum atomic E-state index is -0.219. The lowest BCUT2D eigenvalue weighted by Crippen LogP contribution is -2.32. The van der Waals surface area contributed by atoms with Crippen LogP contribution in [0.2, 0.25) is 0 Å². The Bertz CT molecular complexity index is 531. The Morgan fingerprint density at radius 1 is 1.47 bits per heavy atom. The van der Waals surface area contributed by atoms with Crippen molar-refractivity contribution in [3.63, 3.8) is 0 Å². The molecule has 1 fully saturated rings. The molecule has 19 heavy (non-hydrogen) atoms. The summed E-state index contributed by atoms with van der Waals surface area (Å²) in [4.78, 5) is 12.3. The SMILES string of the molecule is CC1OC(C)C(C(=O)Nc2nn(C)cc2C#N)C1C. The molecule has 0 aliphatic carbocycles. The first kappa shape index (κ1) is 13.6. The molecule has 0 spiro atoms. The van der Waals surface area contributed by atoms with Crippen LogP contribution in [-0.4, -0.2) is 27.9 Å². The van der Waals surface area contributed by atoms with E-state index in [0.717, 1.165) is 0 Å². The summed E-state index contributed by atoms with van der Waals surface area (Å²) in [5.41, 5.74) is 0.364. The Hall–Kier alpha value is -1.87. The molecular formula is C13H18N4O2. The molecule has 6 heteroatoms. The molecule has 0 radical (unpaired) electrons. The van der Waals surface area contributed by atoms with Gasteiger partial charge in [0.05, 0.1) is 18.1 Å². The van der Waals surface area contributed by atoms with Gasteiger partial charge in [-0.2, -0.15) is 10.4 Å². The molecule has 1 aliphatic heterocycles. The summed E-state index contributed by atoms with van der Waals surface area (Å²) in [6, 6.07) is 2.01. The van der Waals surface area contributed by atoms with E-state index in [1.165, 1.54) is 4.68 Å². The van der Waals surface area contributed by atoms with Crippen LogP contribution in [0.25, 0.3) is 0 Å². The van der Waals surface area contributed by atoms with Crippen molar-refractivity contribution in [2.45, 2.75) is 33.0 Å². The van der Waals surface area contributed by atoms with E-state index in [0.29, 0.717) is 11.4 Å². The van der Waals surface area contributed by atoms with E-state index in [1.807, 2.05) is 26.8 Å². The van der Waals surface area contributed by atoms with Gasteiger partial charge in [-0.1, -0.05) is 6.92 Å². The smallest absolute Gasteiger partial charge is 0.231 e. The van der Waals surface area contributed by atoms with E-state index in [9.17, 15) is 4.79 Å². The van der Waals surface area contributed by atoms with E-state index >= 15 is 0 Å². The molecule has 1 aliphatic rings. The fraction of sp³-hybridized carbons (Fsp3) is 0.615. The number of ether oxygens (including phenoxy) is 1. The minimum Gasteiger partial charge on any atom is -0.374 e. The lowest BCUT2D eigenvalue weighted by Gasteiger charge is -2.17. The van der Waals surface area contributed by atoms with Gasteiger partial charge in [-0.15, -0.1) is 0 Å². The number of nitrogens with one attached hydrogen (secondary N) is 1. The second-order valence-corrected chi connectivity index (χ2v) is 5.10. The first-order valence-electron chi connectivity index (χ1n) is 6.34. The molecule has 1 N–H and O–H groups in total. The molecule has 4 atom stereocenters. The average Bonchev–Trinajstić information content (AvgIpc) is 2.80. The number of aromatic nitrogens is 2. The molecule has 2 heterocycles. The van der Waals surface area contributed by atoms with E-state index in [2.05, 4.69) is 10.4 Å². The van der Waals surface area contributed by atoms with Crippen LogP contribution in [0.15, 0.2) is 6.20 Å². The van der Waals surface area contributed by atoms with Crippen LogP contribution >= 0.6 is 0 Å². The van der Waals surface area contributed by atoms with Gasteiger partial charge in [-0.3, -0.25) is 9.48 Å². The Morgan fingerprint density at radius 3 is 2.68 bits per heavy atom. The topological polar surface area (TPSA) is 79.9 Å². The van der Waals surface area contributed by atoms with Gasteiger partial charge in [0.15, 0.2) is 5.82 Å². The van der Waals surface area contributed by atoms with Gasteiger partial charge < -0.3 is 10.1 Å². The van der Waals surface area contributed by atoms with Crippen LogP contribution in [0, 0.1) is 23.2 Å². The lowest BCUT2D eigenvalue weighted by atomic mass is 9.89. The van der Waals surface area contributed by atoms with Crippen molar-refractivity contribution in [1.29, 1.82) is 5.26 Å². The summed E-state index contributed by atoms with van der Waals surface area (Å²) in [5, 5.41) is 15.8. The molecule has 0 saturated carbocycles. The second kappa shape index (κ2) is 5.02. The summed E-state index contributed by atoms with van der Waals surface area (Å²) in [6.07, 6.45) is 1.51. The Morgan fingerprint density at radius 2 is 2.16 bits per heavy atom. The van der Waals surface area contributed by atoms with Crippen molar-refractivity contribution in [3.8, 4) is 6.07 Å². The fourth-order valence-corrected chi connectivity index (χ4v) is 2.58. The maximum atomic E-state index is 12.3. The van der Waals surface area contributed by atoms with Crippen molar-refractivity contribution in [2.24, 2.45) is 18.9 Å². The highest BCUT2D eigenvalue weighted by Gasteiger charge is 2.41. The van der Waals surface area contributed by atoms with E-state index < -0.39 is 0 Å². The van der Waals surface area contributed by atoms with Crippen molar-refractivity contribution in [1.82, 2.24) is 9.78 Å². The zero-order valence-electron chi connectivity index (χ0n) is 11.5. The maximum Gasteiger partial charge on any atom is 0.231 e. The summed E-state index contributed by atoms with van der Waals surface area (Å²) in [5.74, 6) is 0.0984. The van der Waals surface area contributed by atoms with Crippen LogP contribution in [0.5, 0.6) is 0 Å². The van der Waals surface area contributed by atoms with E-state index in [4.69, 9.17) is 10.00 Å². The third kappa shape index (κ3) is 2.47. The van der Waals surface area contributed by atoms with Gasteiger partial charge >= 0.3 is 0 Å². The van der Waals surface area contributed by atoms with Gasteiger partial charge in [0.25, 0.3) is 0 Å². The molecule has 1 amide bonds. The highest BCUT2D eigenvalue weighted by atomic mass is 16.5. The van der Waals surface area contributed by atoms with Crippen molar-refractivity contribution < 1.29 is 9.53 Å². The highest BCUT2D eigenvalue weighted by molar-refractivity contribution is 5.93. The third-order valence-electron chi connectivity index (χ3n) is 3.74. The number of carbonyl (C=O) groups is 1. The molecule has 1 saturated heterocycles. The number of amides is 1. The number of aryl methyl sites for hydroxylation is 1. The van der Waals surface area contributed by atoms with Crippen LogP contribution < -0.4 is 5.32 Å². The second-order valence-electron chi connectivity index (χ2n) is 5.10. The maximum absolute atomic E-state index is 12.3. The van der Waals surface area contributed by atoms with Gasteiger partial charge in [0.2, 0.25) is 5.91 Å². The van der Waals surface area contributed by atoms with Crippen LogP contribution in [-0.2, 0) is 16.6 Å². The molecule has 4 unspecified atom stereocenters. The standard InChI is InChI=1S/C13H18N4O2/c1-7-8(2)19-9(3)11(7)13(18)15-12-10(5-14)6-17(4)16-12/h6-9,11H,1-4H3,(H,15,16,18).